The maximum atomic E-state index is 4.17. The molecule has 74 valence electrons. The lowest BCUT2D eigenvalue weighted by molar-refractivity contribution is 0.578. The Labute approximate surface area is 85.1 Å². The molecule has 6 nitrogen and oxygen atoms in total. The van der Waals surface area contributed by atoms with Crippen molar-refractivity contribution in [1.29, 1.82) is 0 Å². The Morgan fingerprint density at radius 3 is 2.93 bits per heavy atom. The van der Waals surface area contributed by atoms with Gasteiger partial charge in [-0.15, -0.1) is 5.10 Å². The van der Waals surface area contributed by atoms with Gasteiger partial charge in [0.1, 0.15) is 23.9 Å². The van der Waals surface area contributed by atoms with Crippen LogP contribution < -0.4 is 5.32 Å². The highest BCUT2D eigenvalue weighted by Gasteiger charge is 2.18. The number of aromatic nitrogens is 5. The lowest BCUT2D eigenvalue weighted by atomic mass is 10.2. The second kappa shape index (κ2) is 3.81. The number of hydrogen-bond donors (Lipinski definition) is 1. The molecule has 7 heteroatoms. The summed E-state index contributed by atoms with van der Waals surface area (Å²) in [6, 6.07) is -0.0405. The minimum absolute atomic E-state index is 0.0405. The average Bonchev–Trinajstić information content (AvgIpc) is 2.80. The summed E-state index contributed by atoms with van der Waals surface area (Å²) in [5.41, 5.74) is 0.869. The van der Waals surface area contributed by atoms with Crippen LogP contribution in [0.25, 0.3) is 0 Å². The Morgan fingerprint density at radius 2 is 2.43 bits per heavy atom. The predicted molar refractivity (Wildman–Crippen MR) is 51.8 cm³/mol. The van der Waals surface area contributed by atoms with Crippen LogP contribution in [0.15, 0.2) is 11.7 Å². The highest BCUT2D eigenvalue weighted by atomic mass is 32.1. The molecule has 0 bridgehead atoms. The summed E-state index contributed by atoms with van der Waals surface area (Å²) in [6.45, 7) is 0. The minimum Gasteiger partial charge on any atom is -0.305 e. The van der Waals surface area contributed by atoms with Crippen molar-refractivity contribution in [3.05, 3.63) is 23.2 Å². The molecule has 0 aliphatic heterocycles. The number of aryl methyl sites for hydroxylation is 1. The lowest BCUT2D eigenvalue weighted by Crippen LogP contribution is -2.21. The molecule has 2 rings (SSSR count). The first-order chi connectivity index (χ1) is 6.83. The zero-order valence-corrected chi connectivity index (χ0v) is 8.69. The van der Waals surface area contributed by atoms with Crippen LogP contribution in [0, 0.1) is 0 Å². The van der Waals surface area contributed by atoms with Crippen LogP contribution in [-0.4, -0.2) is 31.4 Å². The van der Waals surface area contributed by atoms with Crippen LogP contribution in [0.4, 0.5) is 0 Å². The number of nitrogens with zero attached hydrogens (tertiary/aromatic N) is 5. The number of rotatable bonds is 3. The third-order valence-corrected chi connectivity index (χ3v) is 2.49. The van der Waals surface area contributed by atoms with E-state index in [-0.39, 0.29) is 6.04 Å². The maximum absolute atomic E-state index is 4.17. The highest BCUT2D eigenvalue weighted by Crippen LogP contribution is 2.17. The molecule has 0 aromatic carbocycles. The van der Waals surface area contributed by atoms with Gasteiger partial charge in [0.15, 0.2) is 0 Å². The first kappa shape index (κ1) is 9.22. The lowest BCUT2D eigenvalue weighted by Gasteiger charge is -2.11. The van der Waals surface area contributed by atoms with Gasteiger partial charge in [-0.05, 0) is 18.6 Å². The summed E-state index contributed by atoms with van der Waals surface area (Å²) in [5, 5.41) is 13.1. The van der Waals surface area contributed by atoms with Crippen LogP contribution in [0.1, 0.15) is 17.6 Å². The van der Waals surface area contributed by atoms with Gasteiger partial charge in [0.25, 0.3) is 0 Å². The van der Waals surface area contributed by atoms with Gasteiger partial charge < -0.3 is 5.32 Å². The summed E-state index contributed by atoms with van der Waals surface area (Å²) in [7, 11) is 3.71. The van der Waals surface area contributed by atoms with Crippen molar-refractivity contribution in [2.45, 2.75) is 6.04 Å². The normalized spacial score (nSPS) is 13.0. The standard InChI is InChI=1S/C7H10N6S/c1-8-6(5-3-14-12-11-5)7-9-4-10-13(7)2/h3-4,6,8H,1-2H3. The average molecular weight is 210 g/mol. The second-order valence-corrected chi connectivity index (χ2v) is 3.40. The van der Waals surface area contributed by atoms with Gasteiger partial charge in [-0.3, -0.25) is 4.68 Å². The number of hydrogen-bond acceptors (Lipinski definition) is 6. The fourth-order valence-corrected chi connectivity index (χ4v) is 1.75. The van der Waals surface area contributed by atoms with Crippen molar-refractivity contribution in [1.82, 2.24) is 29.7 Å². The Balaban J connectivity index is 2.36. The molecule has 0 amide bonds. The molecule has 14 heavy (non-hydrogen) atoms. The van der Waals surface area contributed by atoms with E-state index in [0.29, 0.717) is 0 Å². The molecule has 0 fully saturated rings. The summed E-state index contributed by atoms with van der Waals surface area (Å²) < 4.78 is 5.55. The molecule has 0 aliphatic carbocycles. The molecule has 2 aromatic heterocycles. The molecule has 0 aliphatic rings. The molecule has 2 heterocycles. The van der Waals surface area contributed by atoms with E-state index in [2.05, 4.69) is 25.0 Å². The van der Waals surface area contributed by atoms with Gasteiger partial charge in [0, 0.05) is 12.4 Å². The molecule has 1 unspecified atom stereocenters. The van der Waals surface area contributed by atoms with Crippen molar-refractivity contribution in [2.75, 3.05) is 7.05 Å². The van der Waals surface area contributed by atoms with Crippen molar-refractivity contribution in [3.8, 4) is 0 Å². The minimum atomic E-state index is -0.0405. The maximum Gasteiger partial charge on any atom is 0.150 e. The van der Waals surface area contributed by atoms with Gasteiger partial charge in [-0.2, -0.15) is 5.10 Å². The van der Waals surface area contributed by atoms with Crippen LogP contribution in [0.3, 0.4) is 0 Å². The van der Waals surface area contributed by atoms with E-state index in [1.165, 1.54) is 17.9 Å². The van der Waals surface area contributed by atoms with Crippen molar-refractivity contribution >= 4 is 11.5 Å². The largest absolute Gasteiger partial charge is 0.305 e. The van der Waals surface area contributed by atoms with E-state index >= 15 is 0 Å². The summed E-state index contributed by atoms with van der Waals surface area (Å²) >= 11 is 1.33. The summed E-state index contributed by atoms with van der Waals surface area (Å²) in [5.74, 6) is 0.834. The fourth-order valence-electron chi connectivity index (χ4n) is 1.27. The molecule has 2 aromatic rings. The summed E-state index contributed by atoms with van der Waals surface area (Å²) in [4.78, 5) is 4.17. The van der Waals surface area contributed by atoms with Gasteiger partial charge in [0.2, 0.25) is 0 Å². The SMILES string of the molecule is CNC(c1csnn1)c1ncnn1C. The summed E-state index contributed by atoms with van der Waals surface area (Å²) in [6.07, 6.45) is 1.53. The van der Waals surface area contributed by atoms with Crippen LogP contribution in [-0.2, 0) is 7.05 Å². The number of nitrogens with one attached hydrogen (secondary N) is 1. The zero-order valence-electron chi connectivity index (χ0n) is 7.88. The molecular weight excluding hydrogens is 200 g/mol. The van der Waals surface area contributed by atoms with E-state index in [4.69, 9.17) is 0 Å². The van der Waals surface area contributed by atoms with Crippen LogP contribution >= 0.6 is 11.5 Å². The van der Waals surface area contributed by atoms with Gasteiger partial charge in [-0.1, -0.05) is 4.49 Å². The Kier molecular flexibility index (Phi) is 2.51. The Morgan fingerprint density at radius 1 is 1.57 bits per heavy atom. The molecule has 0 saturated carbocycles. The molecule has 1 atom stereocenters. The van der Waals surface area contributed by atoms with E-state index in [1.54, 1.807) is 4.68 Å². The smallest absolute Gasteiger partial charge is 0.150 e. The van der Waals surface area contributed by atoms with Gasteiger partial charge in [0.05, 0.1) is 0 Å². The Hall–Kier alpha value is -1.34. The third-order valence-electron chi connectivity index (χ3n) is 1.97. The van der Waals surface area contributed by atoms with Crippen molar-refractivity contribution in [3.63, 3.8) is 0 Å². The second-order valence-electron chi connectivity index (χ2n) is 2.79. The van der Waals surface area contributed by atoms with Crippen LogP contribution in [0.5, 0.6) is 0 Å². The predicted octanol–water partition coefficient (Wildman–Crippen LogP) is -0.0246. The topological polar surface area (TPSA) is 68.5 Å². The molecule has 1 N–H and O–H groups in total. The zero-order chi connectivity index (χ0) is 9.97. The Bertz CT molecular complexity index is 394. The monoisotopic (exact) mass is 210 g/mol. The first-order valence-electron chi connectivity index (χ1n) is 4.11. The van der Waals surface area contributed by atoms with Crippen LogP contribution in [0.2, 0.25) is 0 Å². The van der Waals surface area contributed by atoms with Gasteiger partial charge in [-0.25, -0.2) is 4.98 Å². The first-order valence-corrected chi connectivity index (χ1v) is 4.94. The molecule has 0 saturated heterocycles. The van der Waals surface area contributed by atoms with Crippen molar-refractivity contribution in [2.24, 2.45) is 7.05 Å². The molecule has 0 spiro atoms. The quantitative estimate of drug-likeness (QED) is 0.770. The molecule has 0 radical (unpaired) electrons. The van der Waals surface area contributed by atoms with E-state index < -0.39 is 0 Å². The van der Waals surface area contributed by atoms with E-state index in [0.717, 1.165) is 11.5 Å². The third kappa shape index (κ3) is 1.51. The highest BCUT2D eigenvalue weighted by molar-refractivity contribution is 7.03. The fraction of sp³-hybridized carbons (Fsp3) is 0.429. The van der Waals surface area contributed by atoms with E-state index in [9.17, 15) is 0 Å². The van der Waals surface area contributed by atoms with E-state index in [1.807, 2.05) is 19.5 Å². The van der Waals surface area contributed by atoms with Gasteiger partial charge >= 0.3 is 0 Å². The molecular formula is C7H10N6S. The van der Waals surface area contributed by atoms with Crippen molar-refractivity contribution < 1.29 is 0 Å².